The molecule has 0 aromatic heterocycles. The van der Waals surface area contributed by atoms with E-state index in [1.807, 2.05) is 11.0 Å². The maximum absolute atomic E-state index is 12.1. The van der Waals surface area contributed by atoms with Crippen molar-refractivity contribution < 1.29 is 30.2 Å². The highest BCUT2D eigenvalue weighted by Gasteiger charge is 2.39. The smallest absolute Gasteiger partial charge is 0.325 e. The highest BCUT2D eigenvalue weighted by atomic mass is 16.5. The summed E-state index contributed by atoms with van der Waals surface area (Å²) in [7, 11) is 0. The van der Waals surface area contributed by atoms with Gasteiger partial charge in [-0.05, 0) is 12.1 Å². The van der Waals surface area contributed by atoms with E-state index in [2.05, 4.69) is 0 Å². The number of rotatable bonds is 10. The van der Waals surface area contributed by atoms with E-state index in [-0.39, 0.29) is 35.6 Å². The van der Waals surface area contributed by atoms with Crippen molar-refractivity contribution in [2.75, 3.05) is 24.0 Å². The van der Waals surface area contributed by atoms with Crippen LogP contribution in [-0.4, -0.2) is 50.6 Å². The zero-order valence-corrected chi connectivity index (χ0v) is 14.8. The monoisotopic (exact) mass is 390 g/mol. The van der Waals surface area contributed by atoms with E-state index in [0.717, 1.165) is 0 Å². The molecule has 10 nitrogen and oxygen atoms in total. The average Bonchev–Trinajstić information content (AvgIpc) is 2.68. The van der Waals surface area contributed by atoms with Crippen molar-refractivity contribution >= 4 is 23.3 Å². The molecule has 8 N–H and O–H groups in total. The number of hydrogen-bond acceptors (Lipinski definition) is 8. The number of hydrogen-bond donors (Lipinski definition) is 7. The largest absolute Gasteiger partial charge is 0.480 e. The van der Waals surface area contributed by atoms with Crippen molar-refractivity contribution in [1.82, 2.24) is 4.90 Å². The summed E-state index contributed by atoms with van der Waals surface area (Å²) in [6, 6.07) is 9.32. The summed E-state index contributed by atoms with van der Waals surface area (Å²) in [6.45, 7) is -0.0928. The van der Waals surface area contributed by atoms with Gasteiger partial charge in [0, 0.05) is 24.2 Å². The zero-order valence-electron chi connectivity index (χ0n) is 14.8. The fourth-order valence-electron chi connectivity index (χ4n) is 3.14. The van der Waals surface area contributed by atoms with E-state index in [0.29, 0.717) is 0 Å². The van der Waals surface area contributed by atoms with Crippen molar-refractivity contribution in [1.29, 1.82) is 0 Å². The molecule has 0 radical (unpaired) electrons. The number of nitrogens with two attached hydrogens (primary N) is 1. The fraction of sp³-hybridized carbons (Fsp3) is 0.222. The second kappa shape index (κ2) is 9.67. The van der Waals surface area contributed by atoms with Gasteiger partial charge in [0.1, 0.15) is 12.1 Å². The molecule has 0 aliphatic rings. The Bertz CT molecular complexity index is 766. The van der Waals surface area contributed by atoms with Crippen LogP contribution in [0.1, 0.15) is 23.2 Å². The molecule has 28 heavy (non-hydrogen) atoms. The van der Waals surface area contributed by atoms with Gasteiger partial charge in [-0.25, -0.2) is 0 Å². The first-order valence-corrected chi connectivity index (χ1v) is 8.35. The number of carboxylic acid groups (broad SMARTS) is 2. The third-order valence-corrected chi connectivity index (χ3v) is 4.27. The molecular weight excluding hydrogens is 368 g/mol. The molecule has 150 valence electrons. The van der Waals surface area contributed by atoms with E-state index >= 15 is 0 Å². The second-order valence-electron chi connectivity index (χ2n) is 5.91. The third-order valence-electron chi connectivity index (χ3n) is 4.27. The fourth-order valence-corrected chi connectivity index (χ4v) is 3.14. The molecule has 0 aliphatic carbocycles. The Labute approximate surface area is 160 Å². The second-order valence-corrected chi connectivity index (χ2v) is 5.91. The van der Waals surface area contributed by atoms with Crippen LogP contribution in [0.4, 0.5) is 11.4 Å². The molecule has 0 amide bonds. The molecule has 2 atom stereocenters. The molecular formula is C18H22N4O6. The number of anilines is 2. The van der Waals surface area contributed by atoms with Gasteiger partial charge in [-0.15, -0.1) is 0 Å². The predicted molar refractivity (Wildman–Crippen MR) is 100 cm³/mol. The number of benzene rings is 2. The first-order valence-electron chi connectivity index (χ1n) is 8.35. The quantitative estimate of drug-likeness (QED) is 0.295. The van der Waals surface area contributed by atoms with Crippen molar-refractivity contribution in [3.8, 4) is 0 Å². The van der Waals surface area contributed by atoms with Crippen LogP contribution in [0.25, 0.3) is 0 Å². The Morgan fingerprint density at radius 2 is 1.25 bits per heavy atom. The molecule has 0 saturated carbocycles. The maximum Gasteiger partial charge on any atom is 0.325 e. The predicted octanol–water partition coefficient (Wildman–Crippen LogP) is 1.50. The summed E-state index contributed by atoms with van der Waals surface area (Å²) >= 11 is 0. The molecule has 10 heteroatoms. The first kappa shape index (κ1) is 21.1. The minimum atomic E-state index is -1.44. The van der Waals surface area contributed by atoms with Gasteiger partial charge in [-0.3, -0.25) is 35.9 Å². The lowest BCUT2D eigenvalue weighted by Gasteiger charge is -2.35. The summed E-state index contributed by atoms with van der Waals surface area (Å²) in [5.41, 5.74) is 10.1. The Kier molecular flexibility index (Phi) is 7.29. The van der Waals surface area contributed by atoms with Crippen molar-refractivity contribution in [2.45, 2.75) is 12.1 Å². The number of carboxylic acids is 2. The summed E-state index contributed by atoms with van der Waals surface area (Å²) in [4.78, 5) is 25.5. The lowest BCUT2D eigenvalue weighted by molar-refractivity contribution is -0.151. The van der Waals surface area contributed by atoms with Gasteiger partial charge in [0.2, 0.25) is 0 Å². The maximum atomic E-state index is 12.1. The summed E-state index contributed by atoms with van der Waals surface area (Å²) in [5.74, 6) is -2.64. The Morgan fingerprint density at radius 1 is 0.857 bits per heavy atom. The SMILES string of the molecule is NCCN(C(C(=O)O)c1ccccc1NO)C(C(=O)O)c1ccccc1NO. The van der Waals surface area contributed by atoms with E-state index in [4.69, 9.17) is 5.73 Å². The van der Waals surface area contributed by atoms with Crippen LogP contribution in [0, 0.1) is 0 Å². The van der Waals surface area contributed by atoms with E-state index < -0.39 is 24.0 Å². The highest BCUT2D eigenvalue weighted by molar-refractivity contribution is 5.82. The van der Waals surface area contributed by atoms with E-state index in [9.17, 15) is 30.2 Å². The van der Waals surface area contributed by atoms with Gasteiger partial charge in [0.05, 0.1) is 11.4 Å². The van der Waals surface area contributed by atoms with Crippen molar-refractivity contribution in [2.24, 2.45) is 5.73 Å². The van der Waals surface area contributed by atoms with Gasteiger partial charge in [0.15, 0.2) is 0 Å². The zero-order chi connectivity index (χ0) is 20.7. The standard InChI is InChI=1S/C18H22N4O6/c19-9-10-22(15(17(23)24)11-5-1-3-7-13(11)20-27)16(18(25)26)12-6-2-4-8-14(12)21-28/h1-8,15-16,20-21,27-28H,9-10,19H2,(H,23,24)(H,25,26). The molecule has 0 saturated heterocycles. The molecule has 0 fully saturated rings. The molecule has 0 aliphatic heterocycles. The van der Waals surface area contributed by atoms with Crippen LogP contribution in [-0.2, 0) is 9.59 Å². The molecule has 2 aromatic rings. The number of nitrogens with one attached hydrogen (secondary N) is 2. The van der Waals surface area contributed by atoms with Crippen LogP contribution < -0.4 is 16.7 Å². The normalized spacial score (nSPS) is 13.0. The molecule has 2 unspecified atom stereocenters. The molecule has 2 rings (SSSR count). The molecule has 0 heterocycles. The lowest BCUT2D eigenvalue weighted by atomic mass is 9.97. The van der Waals surface area contributed by atoms with Gasteiger partial charge in [0.25, 0.3) is 0 Å². The van der Waals surface area contributed by atoms with Gasteiger partial charge < -0.3 is 15.9 Å². The van der Waals surface area contributed by atoms with Crippen LogP contribution in [0.2, 0.25) is 0 Å². The Balaban J connectivity index is 2.66. The number of carbonyl (C=O) groups is 2. The van der Waals surface area contributed by atoms with Crippen molar-refractivity contribution in [3.63, 3.8) is 0 Å². The van der Waals surface area contributed by atoms with Crippen LogP contribution in [0.5, 0.6) is 0 Å². The van der Waals surface area contributed by atoms with E-state index in [1.165, 1.54) is 29.2 Å². The first-order chi connectivity index (χ1) is 13.5. The third kappa shape index (κ3) is 4.38. The topological polar surface area (TPSA) is 168 Å². The lowest BCUT2D eigenvalue weighted by Crippen LogP contribution is -2.43. The molecule has 2 aromatic carbocycles. The minimum absolute atomic E-state index is 0.0169. The number of para-hydroxylation sites is 2. The Morgan fingerprint density at radius 3 is 1.57 bits per heavy atom. The average molecular weight is 390 g/mol. The summed E-state index contributed by atoms with van der Waals surface area (Å²) in [6.07, 6.45) is 0. The van der Waals surface area contributed by atoms with Crippen LogP contribution >= 0.6 is 0 Å². The van der Waals surface area contributed by atoms with E-state index in [1.54, 1.807) is 24.3 Å². The number of aliphatic carboxylic acids is 2. The summed E-state index contributed by atoms with van der Waals surface area (Å²) < 4.78 is 0. The molecule has 0 bridgehead atoms. The molecule has 0 spiro atoms. The van der Waals surface area contributed by atoms with Crippen LogP contribution in [0.15, 0.2) is 48.5 Å². The van der Waals surface area contributed by atoms with Crippen molar-refractivity contribution in [3.05, 3.63) is 59.7 Å². The summed E-state index contributed by atoms with van der Waals surface area (Å²) in [5, 5.41) is 38.5. The minimum Gasteiger partial charge on any atom is -0.480 e. The van der Waals surface area contributed by atoms with Crippen LogP contribution in [0.3, 0.4) is 0 Å². The van der Waals surface area contributed by atoms with Gasteiger partial charge >= 0.3 is 11.9 Å². The Hall–Kier alpha value is -3.18. The number of nitrogens with zero attached hydrogens (tertiary/aromatic N) is 1. The van der Waals surface area contributed by atoms with Gasteiger partial charge in [-0.1, -0.05) is 36.4 Å². The highest BCUT2D eigenvalue weighted by Crippen LogP contribution is 2.36. The van der Waals surface area contributed by atoms with Gasteiger partial charge in [-0.2, -0.15) is 0 Å².